The summed E-state index contributed by atoms with van der Waals surface area (Å²) < 4.78 is 11.0. The van der Waals surface area contributed by atoms with Gasteiger partial charge < -0.3 is 14.4 Å². The molecule has 0 saturated carbocycles. The van der Waals surface area contributed by atoms with E-state index in [0.717, 1.165) is 33.4 Å². The fourth-order valence-electron chi connectivity index (χ4n) is 3.99. The third-order valence-electron chi connectivity index (χ3n) is 5.62. The van der Waals surface area contributed by atoms with Crippen LogP contribution in [0.5, 0.6) is 11.5 Å². The number of aromatic nitrogens is 2. The highest BCUT2D eigenvalue weighted by molar-refractivity contribution is 6.35. The minimum absolute atomic E-state index is 0.362. The molecule has 3 aromatic rings. The molecule has 0 aliphatic carbocycles. The predicted octanol–water partition coefficient (Wildman–Crippen LogP) is 4.93. The Balaban J connectivity index is 1.96. The van der Waals surface area contributed by atoms with Crippen LogP contribution in [0.1, 0.15) is 18.2 Å². The Morgan fingerprint density at radius 2 is 1.83 bits per heavy atom. The second kappa shape index (κ2) is 7.33. The highest BCUT2D eigenvalue weighted by Gasteiger charge is 2.40. The second-order valence-electron chi connectivity index (χ2n) is 8.00. The van der Waals surface area contributed by atoms with E-state index < -0.39 is 0 Å². The lowest BCUT2D eigenvalue weighted by atomic mass is 9.83. The van der Waals surface area contributed by atoms with Crippen molar-refractivity contribution < 1.29 is 9.47 Å². The van der Waals surface area contributed by atoms with E-state index >= 15 is 0 Å². The molecule has 3 heterocycles. The van der Waals surface area contributed by atoms with Gasteiger partial charge in [-0.2, -0.15) is 5.26 Å². The van der Waals surface area contributed by atoms with Crippen LogP contribution >= 0.6 is 11.6 Å². The predicted molar refractivity (Wildman–Crippen MR) is 118 cm³/mol. The largest absolute Gasteiger partial charge is 0.496 e. The zero-order valence-electron chi connectivity index (χ0n) is 17.7. The van der Waals surface area contributed by atoms with Gasteiger partial charge in [0.05, 0.1) is 36.4 Å². The first-order valence-corrected chi connectivity index (χ1v) is 10.0. The SMILES string of the molecule is COc1cc(OC)c(Cl)c(-c2cc3cnc(C)cc3c(N3CC(C)(C#N)C3)n2)c1C. The summed E-state index contributed by atoms with van der Waals surface area (Å²) in [7, 11) is 3.20. The van der Waals surface area contributed by atoms with E-state index in [-0.39, 0.29) is 5.41 Å². The van der Waals surface area contributed by atoms with Crippen LogP contribution in [0.4, 0.5) is 5.82 Å². The van der Waals surface area contributed by atoms with Crippen LogP contribution in [-0.2, 0) is 0 Å². The molecule has 0 spiro atoms. The minimum Gasteiger partial charge on any atom is -0.496 e. The lowest BCUT2D eigenvalue weighted by Crippen LogP contribution is -2.54. The summed E-state index contributed by atoms with van der Waals surface area (Å²) in [5.41, 5.74) is 2.91. The number of rotatable bonds is 4. The van der Waals surface area contributed by atoms with E-state index in [4.69, 9.17) is 26.1 Å². The molecule has 1 aromatic carbocycles. The number of aryl methyl sites for hydroxylation is 1. The molecular formula is C23H23ClN4O2. The molecule has 154 valence electrons. The van der Waals surface area contributed by atoms with Gasteiger partial charge >= 0.3 is 0 Å². The van der Waals surface area contributed by atoms with Gasteiger partial charge in [0.2, 0.25) is 0 Å². The Morgan fingerprint density at radius 3 is 2.47 bits per heavy atom. The highest BCUT2D eigenvalue weighted by atomic mass is 35.5. The summed E-state index contributed by atoms with van der Waals surface area (Å²) in [5.74, 6) is 2.04. The van der Waals surface area contributed by atoms with Gasteiger partial charge in [0.15, 0.2) is 0 Å². The van der Waals surface area contributed by atoms with E-state index in [1.165, 1.54) is 0 Å². The highest BCUT2D eigenvalue weighted by Crippen LogP contribution is 2.44. The number of hydrogen-bond acceptors (Lipinski definition) is 6. The van der Waals surface area contributed by atoms with Crippen molar-refractivity contribution in [3.63, 3.8) is 0 Å². The number of anilines is 1. The van der Waals surface area contributed by atoms with Crippen LogP contribution in [0.15, 0.2) is 24.4 Å². The van der Waals surface area contributed by atoms with Crippen LogP contribution in [0.3, 0.4) is 0 Å². The van der Waals surface area contributed by atoms with Crippen LogP contribution < -0.4 is 14.4 Å². The summed E-state index contributed by atoms with van der Waals surface area (Å²) in [6.45, 7) is 7.14. The molecule has 7 heteroatoms. The number of nitrogens with zero attached hydrogens (tertiary/aromatic N) is 4. The lowest BCUT2D eigenvalue weighted by Gasteiger charge is -2.44. The number of pyridine rings is 2. The molecule has 0 atom stereocenters. The Hall–Kier alpha value is -3.04. The molecule has 1 fully saturated rings. The summed E-state index contributed by atoms with van der Waals surface area (Å²) in [5, 5.41) is 11.9. The summed E-state index contributed by atoms with van der Waals surface area (Å²) in [6.07, 6.45) is 1.85. The first kappa shape index (κ1) is 20.2. The van der Waals surface area contributed by atoms with Crippen LogP contribution in [-0.4, -0.2) is 37.3 Å². The minimum atomic E-state index is -0.362. The maximum absolute atomic E-state index is 9.44. The molecule has 0 unspecified atom stereocenters. The van der Waals surface area contributed by atoms with Gasteiger partial charge in [-0.15, -0.1) is 0 Å². The van der Waals surface area contributed by atoms with Gasteiger partial charge in [0.1, 0.15) is 17.3 Å². The zero-order chi connectivity index (χ0) is 21.6. The van der Waals surface area contributed by atoms with Crippen molar-refractivity contribution in [3.8, 4) is 28.8 Å². The van der Waals surface area contributed by atoms with Crippen molar-refractivity contribution in [1.29, 1.82) is 5.26 Å². The van der Waals surface area contributed by atoms with Crippen molar-refractivity contribution >= 4 is 28.2 Å². The topological polar surface area (TPSA) is 71.3 Å². The molecule has 1 aliphatic heterocycles. The maximum Gasteiger partial charge on any atom is 0.141 e. The Labute approximate surface area is 181 Å². The zero-order valence-corrected chi connectivity index (χ0v) is 18.5. The smallest absolute Gasteiger partial charge is 0.141 e. The first-order chi connectivity index (χ1) is 14.3. The van der Waals surface area contributed by atoms with Gasteiger partial charge in [0, 0.05) is 52.9 Å². The van der Waals surface area contributed by atoms with Crippen molar-refractivity contribution in [3.05, 3.63) is 40.7 Å². The van der Waals surface area contributed by atoms with Gasteiger partial charge in [-0.05, 0) is 32.9 Å². The van der Waals surface area contributed by atoms with Gasteiger partial charge in [-0.25, -0.2) is 4.98 Å². The second-order valence-corrected chi connectivity index (χ2v) is 8.38. The fraction of sp³-hybridized carbons (Fsp3) is 0.348. The first-order valence-electron chi connectivity index (χ1n) is 9.65. The molecule has 1 saturated heterocycles. The monoisotopic (exact) mass is 422 g/mol. The number of halogens is 1. The van der Waals surface area contributed by atoms with E-state index in [0.29, 0.717) is 35.3 Å². The molecule has 6 nitrogen and oxygen atoms in total. The summed E-state index contributed by atoms with van der Waals surface area (Å²) >= 11 is 6.71. The van der Waals surface area contributed by atoms with E-state index in [2.05, 4.69) is 16.0 Å². The lowest BCUT2D eigenvalue weighted by molar-refractivity contribution is 0.335. The van der Waals surface area contributed by atoms with Crippen LogP contribution in [0, 0.1) is 30.6 Å². The number of ether oxygens (including phenoxy) is 2. The molecule has 0 radical (unpaired) electrons. The number of hydrogen-bond donors (Lipinski definition) is 0. The standard InChI is InChI=1S/C23H23ClN4O2/c1-13-6-16-15(9-26-13)7-17(27-22(16)28-11-23(3,10-25)12-28)20-14(2)18(29-4)8-19(30-5)21(20)24/h6-9H,11-12H2,1-5H3. The van der Waals surface area contributed by atoms with Gasteiger partial charge in [-0.1, -0.05) is 11.6 Å². The third-order valence-corrected chi connectivity index (χ3v) is 5.99. The normalized spacial score (nSPS) is 14.9. The molecule has 1 aliphatic rings. The molecule has 0 amide bonds. The van der Waals surface area contributed by atoms with Crippen molar-refractivity contribution in [2.45, 2.75) is 20.8 Å². The summed E-state index contributed by atoms with van der Waals surface area (Å²) in [4.78, 5) is 11.6. The molecule has 2 aromatic heterocycles. The number of benzene rings is 1. The number of methoxy groups -OCH3 is 2. The van der Waals surface area contributed by atoms with Gasteiger partial charge in [0.25, 0.3) is 0 Å². The third kappa shape index (κ3) is 3.20. The number of fused-ring (bicyclic) bond motifs is 1. The van der Waals surface area contributed by atoms with E-state index in [1.807, 2.05) is 39.1 Å². The fourth-order valence-corrected chi connectivity index (χ4v) is 4.36. The van der Waals surface area contributed by atoms with Crippen molar-refractivity contribution in [1.82, 2.24) is 9.97 Å². The molecule has 4 rings (SSSR count). The average molecular weight is 423 g/mol. The molecule has 0 bridgehead atoms. The summed E-state index contributed by atoms with van der Waals surface area (Å²) in [6, 6.07) is 8.19. The Kier molecular flexibility index (Phi) is 4.95. The average Bonchev–Trinajstić information content (AvgIpc) is 2.71. The quantitative estimate of drug-likeness (QED) is 0.593. The Morgan fingerprint density at radius 1 is 1.13 bits per heavy atom. The van der Waals surface area contributed by atoms with E-state index in [1.54, 1.807) is 20.3 Å². The van der Waals surface area contributed by atoms with Crippen LogP contribution in [0.25, 0.3) is 22.0 Å². The van der Waals surface area contributed by atoms with E-state index in [9.17, 15) is 5.26 Å². The van der Waals surface area contributed by atoms with Crippen LogP contribution in [0.2, 0.25) is 5.02 Å². The molecule has 0 N–H and O–H groups in total. The van der Waals surface area contributed by atoms with Gasteiger partial charge in [-0.3, -0.25) is 4.98 Å². The maximum atomic E-state index is 9.44. The molecular weight excluding hydrogens is 400 g/mol. The molecule has 30 heavy (non-hydrogen) atoms. The van der Waals surface area contributed by atoms with Crippen molar-refractivity contribution in [2.75, 3.05) is 32.2 Å². The number of nitriles is 1. The Bertz CT molecular complexity index is 1170. The van der Waals surface area contributed by atoms with Crippen molar-refractivity contribution in [2.24, 2.45) is 5.41 Å².